The minimum atomic E-state index is -1.33. The van der Waals surface area contributed by atoms with Crippen LogP contribution in [-0.4, -0.2) is 11.2 Å². The molecule has 0 saturated carbocycles. The van der Waals surface area contributed by atoms with E-state index in [4.69, 9.17) is 21.4 Å². The van der Waals surface area contributed by atoms with Gasteiger partial charge in [0, 0.05) is 11.4 Å². The van der Waals surface area contributed by atoms with Gasteiger partial charge in [-0.15, -0.1) is 0 Å². The summed E-state index contributed by atoms with van der Waals surface area (Å²) in [5, 5.41) is 7.19. The van der Waals surface area contributed by atoms with Crippen molar-refractivity contribution >= 4 is 17.5 Å². The molecule has 0 saturated heterocycles. The van der Waals surface area contributed by atoms with Crippen LogP contribution in [0, 0.1) is 0 Å². The van der Waals surface area contributed by atoms with Crippen molar-refractivity contribution in [3.05, 3.63) is 24.3 Å². The molecule has 1 aromatic carbocycles. The van der Waals surface area contributed by atoms with Crippen LogP contribution in [0.3, 0.4) is 0 Å². The summed E-state index contributed by atoms with van der Waals surface area (Å²) in [5.74, 6) is 0. The molecule has 0 bridgehead atoms. The fraction of sp³-hybridized carbons (Fsp3) is 0. The second-order valence-electron chi connectivity index (χ2n) is 2.01. The zero-order valence-electron chi connectivity index (χ0n) is 6.40. The highest BCUT2D eigenvalue weighted by Gasteiger charge is 1.81. The lowest BCUT2D eigenvalue weighted by molar-refractivity contribution is 0.205. The second-order valence-corrected chi connectivity index (χ2v) is 2.01. The third kappa shape index (κ3) is 6.21. The number of anilines is 2. The van der Waals surface area contributed by atoms with Gasteiger partial charge in [-0.25, -0.2) is 4.79 Å². The van der Waals surface area contributed by atoms with Crippen molar-refractivity contribution in [3.63, 3.8) is 0 Å². The van der Waals surface area contributed by atoms with E-state index in [0.29, 0.717) is 11.4 Å². The first-order chi connectivity index (χ1) is 5.52. The van der Waals surface area contributed by atoms with Gasteiger partial charge in [-0.1, -0.05) is 6.07 Å². The van der Waals surface area contributed by atoms with Gasteiger partial charge in [0.05, 0.1) is 0 Å². The Morgan fingerprint density at radius 2 is 1.58 bits per heavy atom. The van der Waals surface area contributed by atoms with Gasteiger partial charge in [0.1, 0.15) is 0 Å². The van der Waals surface area contributed by atoms with Gasteiger partial charge in [-0.3, -0.25) is 0 Å². The van der Waals surface area contributed by atoms with Crippen LogP contribution in [-0.2, 0) is 0 Å². The molecule has 7 N–H and O–H groups in total. The van der Waals surface area contributed by atoms with Crippen molar-refractivity contribution in [2.24, 2.45) is 5.73 Å². The normalized spacial score (nSPS) is 8.00. The van der Waals surface area contributed by atoms with Crippen LogP contribution >= 0.6 is 0 Å². The van der Waals surface area contributed by atoms with Gasteiger partial charge in [-0.05, 0) is 18.2 Å². The van der Waals surface area contributed by atoms with E-state index in [0.717, 1.165) is 0 Å². The van der Waals surface area contributed by atoms with Crippen molar-refractivity contribution in [2.45, 2.75) is 0 Å². The fourth-order valence-electron chi connectivity index (χ4n) is 0.559. The number of hydrogen-bond acceptors (Lipinski definition) is 3. The lowest BCUT2D eigenvalue weighted by atomic mass is 10.3. The zero-order valence-corrected chi connectivity index (χ0v) is 6.40. The second kappa shape index (κ2) is 4.84. The molecule has 5 heteroatoms. The Morgan fingerprint density at radius 1 is 1.25 bits per heavy atom. The average molecular weight is 169 g/mol. The number of nitrogens with two attached hydrogens (primary N) is 3. The van der Waals surface area contributed by atoms with E-state index in [2.05, 4.69) is 5.73 Å². The molecule has 1 rings (SSSR count). The highest BCUT2D eigenvalue weighted by Crippen LogP contribution is 2.06. The molecule has 0 fully saturated rings. The monoisotopic (exact) mass is 169 g/mol. The van der Waals surface area contributed by atoms with E-state index in [1.165, 1.54) is 0 Å². The van der Waals surface area contributed by atoms with E-state index in [1.807, 2.05) is 6.07 Å². The van der Waals surface area contributed by atoms with Crippen LogP contribution in [0.2, 0.25) is 0 Å². The number of carboxylic acid groups (broad SMARTS) is 1. The summed E-state index contributed by atoms with van der Waals surface area (Å²) in [6.45, 7) is 0. The number of carbonyl (C=O) groups is 1. The SMILES string of the molecule is NC(=O)O.Nc1cccc(N)c1. The van der Waals surface area contributed by atoms with Gasteiger partial charge in [0.25, 0.3) is 0 Å². The molecular weight excluding hydrogens is 158 g/mol. The maximum atomic E-state index is 8.78. The zero-order chi connectivity index (χ0) is 9.56. The van der Waals surface area contributed by atoms with Crippen LogP contribution < -0.4 is 17.2 Å². The van der Waals surface area contributed by atoms with E-state index in [1.54, 1.807) is 18.2 Å². The number of amides is 1. The predicted molar refractivity (Wildman–Crippen MR) is 47.5 cm³/mol. The summed E-state index contributed by atoms with van der Waals surface area (Å²) in [7, 11) is 0. The summed E-state index contributed by atoms with van der Waals surface area (Å²) in [5.41, 5.74) is 16.2. The topological polar surface area (TPSA) is 115 Å². The van der Waals surface area contributed by atoms with E-state index >= 15 is 0 Å². The van der Waals surface area contributed by atoms with Crippen molar-refractivity contribution in [2.75, 3.05) is 11.5 Å². The molecular formula is C7H11N3O2. The van der Waals surface area contributed by atoms with Crippen LogP contribution in [0.4, 0.5) is 16.2 Å². The molecule has 0 atom stereocenters. The van der Waals surface area contributed by atoms with Gasteiger partial charge in [-0.2, -0.15) is 0 Å². The Morgan fingerprint density at radius 3 is 1.75 bits per heavy atom. The first-order valence-electron chi connectivity index (χ1n) is 3.12. The Balaban J connectivity index is 0.000000261. The lowest BCUT2D eigenvalue weighted by Gasteiger charge is -1.91. The Kier molecular flexibility index (Phi) is 4.07. The Bertz CT molecular complexity index is 241. The summed E-state index contributed by atoms with van der Waals surface area (Å²) >= 11 is 0. The minimum Gasteiger partial charge on any atom is -0.465 e. The summed E-state index contributed by atoms with van der Waals surface area (Å²) in [4.78, 5) is 8.78. The molecule has 0 aliphatic rings. The number of hydrogen-bond donors (Lipinski definition) is 4. The van der Waals surface area contributed by atoms with Gasteiger partial charge in [0.2, 0.25) is 0 Å². The number of nitrogen functional groups attached to an aromatic ring is 2. The molecule has 0 heterocycles. The molecule has 5 nitrogen and oxygen atoms in total. The average Bonchev–Trinajstić information content (AvgIpc) is 1.84. The molecule has 1 amide bonds. The molecule has 12 heavy (non-hydrogen) atoms. The first kappa shape index (κ1) is 10.1. The highest BCUT2D eigenvalue weighted by atomic mass is 16.4. The van der Waals surface area contributed by atoms with Crippen LogP contribution in [0.5, 0.6) is 0 Å². The number of primary amides is 1. The standard InChI is InChI=1S/C6H8N2.CH3NO2/c7-5-2-1-3-6(8)4-5;2-1(3)4/h1-4H,7-8H2;2H2,(H,3,4). The van der Waals surface area contributed by atoms with E-state index < -0.39 is 6.09 Å². The molecule has 0 spiro atoms. The van der Waals surface area contributed by atoms with Crippen molar-refractivity contribution < 1.29 is 9.90 Å². The van der Waals surface area contributed by atoms with Crippen molar-refractivity contribution in [1.82, 2.24) is 0 Å². The Hall–Kier alpha value is -1.91. The third-order valence-corrected chi connectivity index (χ3v) is 0.911. The summed E-state index contributed by atoms with van der Waals surface area (Å²) in [6, 6.07) is 7.15. The predicted octanol–water partition coefficient (Wildman–Crippen LogP) is 0.474. The van der Waals surface area contributed by atoms with E-state index in [-0.39, 0.29) is 0 Å². The third-order valence-electron chi connectivity index (χ3n) is 0.911. The molecule has 1 aromatic rings. The largest absolute Gasteiger partial charge is 0.465 e. The van der Waals surface area contributed by atoms with Crippen LogP contribution in [0.1, 0.15) is 0 Å². The highest BCUT2D eigenvalue weighted by molar-refractivity contribution is 5.61. The van der Waals surface area contributed by atoms with Crippen LogP contribution in [0.15, 0.2) is 24.3 Å². The quantitative estimate of drug-likeness (QED) is 0.422. The number of rotatable bonds is 0. The fourth-order valence-corrected chi connectivity index (χ4v) is 0.559. The van der Waals surface area contributed by atoms with Crippen molar-refractivity contribution in [1.29, 1.82) is 0 Å². The minimum absolute atomic E-state index is 0.713. The van der Waals surface area contributed by atoms with E-state index in [9.17, 15) is 0 Å². The number of benzene rings is 1. The molecule has 0 unspecified atom stereocenters. The molecule has 66 valence electrons. The molecule has 0 aromatic heterocycles. The summed E-state index contributed by atoms with van der Waals surface area (Å²) in [6.07, 6.45) is -1.33. The van der Waals surface area contributed by atoms with Gasteiger partial charge >= 0.3 is 6.09 Å². The molecule has 0 radical (unpaired) electrons. The van der Waals surface area contributed by atoms with Gasteiger partial charge in [0.15, 0.2) is 0 Å². The summed E-state index contributed by atoms with van der Waals surface area (Å²) < 4.78 is 0. The smallest absolute Gasteiger partial charge is 0.402 e. The van der Waals surface area contributed by atoms with Crippen molar-refractivity contribution in [3.8, 4) is 0 Å². The molecule has 0 aliphatic heterocycles. The lowest BCUT2D eigenvalue weighted by Crippen LogP contribution is -2.03. The Labute approximate surface area is 69.8 Å². The first-order valence-corrected chi connectivity index (χ1v) is 3.12. The van der Waals surface area contributed by atoms with Gasteiger partial charge < -0.3 is 22.3 Å². The molecule has 0 aliphatic carbocycles. The maximum Gasteiger partial charge on any atom is 0.402 e. The van der Waals surface area contributed by atoms with Crippen LogP contribution in [0.25, 0.3) is 0 Å². The maximum absolute atomic E-state index is 8.78.